The van der Waals surface area contributed by atoms with Crippen LogP contribution in [-0.2, 0) is 137 Å². The Morgan fingerprint density at radius 1 is 0.405 bits per heavy atom. The van der Waals surface area contributed by atoms with Crippen LogP contribution in [0.15, 0.2) is 12.4 Å². The second kappa shape index (κ2) is 28.8. The van der Waals surface area contributed by atoms with E-state index >= 15 is 0 Å². The molecule has 0 radical (unpaired) electrons. The standard InChI is InChI=1S/C46H60N6O25S2/c1-19(53)64-15-33-36(67-22(4)56)39(70-25(7)59)42(73-28(10)62)45(76-33)78-17-30-12-51(49-47-30)14-32-35(66-21(3)55)38(69-24(6)58)41(72-27(9)61)44(75-32)52-13-31(48-50-52)18-79-46-43(74-29(11)63)40(71-26(8)60)37(68-23(5)57)34(77-46)16-65-20(2)54/h12-13,32-46H,14-18H2,1-11H3/t32-,33-,34-,35-,36+,37+,38+,39+,40+,41-,42-,43-,44-,45+,46+/m1/s1. The quantitative estimate of drug-likeness (QED) is 0.110. The molecular weight excluding hydrogens is 1100 g/mol. The Morgan fingerprint density at radius 2 is 0.734 bits per heavy atom. The average molecular weight is 1160 g/mol. The minimum Gasteiger partial charge on any atom is -0.463 e. The van der Waals surface area contributed by atoms with Gasteiger partial charge in [-0.05, 0) is 0 Å². The molecule has 3 fully saturated rings. The molecule has 0 unspecified atom stereocenters. The van der Waals surface area contributed by atoms with Crippen LogP contribution in [0, 0.1) is 0 Å². The number of esters is 11. The maximum Gasteiger partial charge on any atom is 0.303 e. The van der Waals surface area contributed by atoms with E-state index in [0.29, 0.717) is 0 Å². The summed E-state index contributed by atoms with van der Waals surface area (Å²) in [4.78, 5) is 136. The van der Waals surface area contributed by atoms with Crippen molar-refractivity contribution in [1.29, 1.82) is 0 Å². The summed E-state index contributed by atoms with van der Waals surface area (Å²) in [5.41, 5.74) is -1.92. The number of hydrogen-bond donors (Lipinski definition) is 0. The molecular formula is C46H60N6O25S2. The lowest BCUT2D eigenvalue weighted by Gasteiger charge is -2.44. The van der Waals surface area contributed by atoms with Crippen LogP contribution in [0.5, 0.6) is 0 Å². The van der Waals surface area contributed by atoms with E-state index in [-0.39, 0.29) is 29.4 Å². The van der Waals surface area contributed by atoms with Gasteiger partial charge in [0.15, 0.2) is 61.2 Å². The minimum atomic E-state index is -1.56. The largest absolute Gasteiger partial charge is 0.463 e. The molecule has 3 aliphatic rings. The van der Waals surface area contributed by atoms with Crippen molar-refractivity contribution < 1.29 is 119 Å². The van der Waals surface area contributed by atoms with Crippen LogP contribution in [0.4, 0.5) is 0 Å². The summed E-state index contributed by atoms with van der Waals surface area (Å²) in [6.45, 7) is 10.8. The summed E-state index contributed by atoms with van der Waals surface area (Å²) in [5.74, 6) is -9.04. The third kappa shape index (κ3) is 18.6. The van der Waals surface area contributed by atoms with Crippen LogP contribution in [0.1, 0.15) is 93.8 Å². The van der Waals surface area contributed by atoms with Crippen LogP contribution in [-0.4, -0.2) is 193 Å². The highest BCUT2D eigenvalue weighted by atomic mass is 32.2. The van der Waals surface area contributed by atoms with Crippen LogP contribution in [0.2, 0.25) is 0 Å². The van der Waals surface area contributed by atoms with Crippen molar-refractivity contribution in [1.82, 2.24) is 30.0 Å². The van der Waals surface area contributed by atoms with E-state index in [0.717, 1.165) is 104 Å². The van der Waals surface area contributed by atoms with Crippen molar-refractivity contribution in [3.8, 4) is 0 Å². The lowest BCUT2D eigenvalue weighted by molar-refractivity contribution is -0.267. The summed E-state index contributed by atoms with van der Waals surface area (Å²) >= 11 is 1.95. The Bertz CT molecular complexity index is 2560. The summed E-state index contributed by atoms with van der Waals surface area (Å²) in [5, 5.41) is 16.9. The molecule has 436 valence electrons. The summed E-state index contributed by atoms with van der Waals surface area (Å²) in [6, 6.07) is 0. The van der Waals surface area contributed by atoms with E-state index in [1.54, 1.807) is 0 Å². The van der Waals surface area contributed by atoms with Gasteiger partial charge in [-0.3, -0.25) is 52.7 Å². The van der Waals surface area contributed by atoms with E-state index in [1.807, 2.05) is 0 Å². The number of carbonyl (C=O) groups excluding carboxylic acids is 11. The van der Waals surface area contributed by atoms with Gasteiger partial charge in [0, 0.05) is 93.9 Å². The van der Waals surface area contributed by atoms with Gasteiger partial charge in [0.05, 0.1) is 24.1 Å². The molecule has 33 heteroatoms. The maximum atomic E-state index is 12.7. The molecule has 0 bridgehead atoms. The van der Waals surface area contributed by atoms with Gasteiger partial charge in [-0.1, -0.05) is 10.4 Å². The first-order valence-corrected chi connectivity index (χ1v) is 26.1. The van der Waals surface area contributed by atoms with Crippen molar-refractivity contribution >= 4 is 89.2 Å². The summed E-state index contributed by atoms with van der Waals surface area (Å²) in [7, 11) is 0. The van der Waals surface area contributed by atoms with Crippen LogP contribution >= 0.6 is 23.5 Å². The number of hydrogen-bond acceptors (Lipinski definition) is 31. The van der Waals surface area contributed by atoms with Crippen molar-refractivity contribution in [2.45, 2.75) is 185 Å². The smallest absolute Gasteiger partial charge is 0.303 e. The van der Waals surface area contributed by atoms with Gasteiger partial charge in [-0.25, -0.2) is 9.36 Å². The first kappa shape index (κ1) is 62.9. The number of carbonyl (C=O) groups is 11. The molecule has 3 saturated heterocycles. The maximum absolute atomic E-state index is 12.7. The first-order valence-electron chi connectivity index (χ1n) is 24.0. The molecule has 0 aromatic carbocycles. The molecule has 31 nitrogen and oxygen atoms in total. The highest BCUT2D eigenvalue weighted by Gasteiger charge is 2.56. The lowest BCUT2D eigenvalue weighted by atomic mass is 9.96. The molecule has 0 amide bonds. The third-order valence-corrected chi connectivity index (χ3v) is 13.3. The molecule has 0 N–H and O–H groups in total. The second-order valence-corrected chi connectivity index (χ2v) is 19.8. The fourth-order valence-corrected chi connectivity index (χ4v) is 10.6. The Morgan fingerprint density at radius 3 is 1.13 bits per heavy atom. The van der Waals surface area contributed by atoms with Gasteiger partial charge in [0.1, 0.15) is 42.4 Å². The van der Waals surface area contributed by atoms with Gasteiger partial charge < -0.3 is 66.3 Å². The zero-order valence-electron chi connectivity index (χ0n) is 44.6. The van der Waals surface area contributed by atoms with Gasteiger partial charge in [-0.15, -0.1) is 33.7 Å². The van der Waals surface area contributed by atoms with Crippen molar-refractivity contribution in [3.63, 3.8) is 0 Å². The third-order valence-electron chi connectivity index (χ3n) is 11.0. The Hall–Kier alpha value is -6.97. The fourth-order valence-electron chi connectivity index (χ4n) is 8.39. The molecule has 2 aromatic heterocycles. The monoisotopic (exact) mass is 1160 g/mol. The van der Waals surface area contributed by atoms with Gasteiger partial charge in [-0.2, -0.15) is 0 Å². The number of nitrogens with zero attached hydrogens (tertiary/aromatic N) is 6. The molecule has 0 aliphatic carbocycles. The molecule has 79 heavy (non-hydrogen) atoms. The van der Waals surface area contributed by atoms with Crippen LogP contribution in [0.25, 0.3) is 0 Å². The van der Waals surface area contributed by atoms with E-state index in [1.165, 1.54) is 17.1 Å². The summed E-state index contributed by atoms with van der Waals surface area (Å²) < 4.78 is 81.8. The zero-order valence-corrected chi connectivity index (χ0v) is 46.2. The van der Waals surface area contributed by atoms with Crippen molar-refractivity contribution in [3.05, 3.63) is 23.8 Å². The first-order chi connectivity index (χ1) is 37.2. The Labute approximate surface area is 458 Å². The fraction of sp³-hybridized carbons (Fsp3) is 0.674. The number of rotatable bonds is 22. The molecule has 0 saturated carbocycles. The topological polar surface area (TPSA) is 378 Å². The highest BCUT2D eigenvalue weighted by Crippen LogP contribution is 2.39. The molecule has 3 aliphatic heterocycles. The average Bonchev–Trinajstić information content (AvgIpc) is 3.99. The Kier molecular flexibility index (Phi) is 22.9. The molecule has 5 heterocycles. The van der Waals surface area contributed by atoms with Gasteiger partial charge in [0.2, 0.25) is 0 Å². The molecule has 0 spiro atoms. The van der Waals surface area contributed by atoms with E-state index in [2.05, 4.69) is 20.6 Å². The molecule has 5 rings (SSSR count). The van der Waals surface area contributed by atoms with Crippen molar-refractivity contribution in [2.75, 3.05) is 13.2 Å². The van der Waals surface area contributed by atoms with E-state index in [4.69, 9.17) is 66.3 Å². The zero-order chi connectivity index (χ0) is 58.4. The SMILES string of the molecule is CC(=O)OC[C@H]1O[C@@H](SCc2cn(C[C@H]3O[C@@H](n4cc(CS[C@@H]5O[C@H](COC(C)=O)[C@H](OC(C)=O)[C@H](OC(C)=O)[C@H]5OC(C)=O)nn4)[C@H](OC(C)=O)[C@@H](OC(C)=O)[C@@H]3OC(C)=O)nn2)[C@H](OC(C)=O)[C@@H](OC(C)=O)[C@H]1OC(C)=O. The number of thioether (sulfide) groups is 2. The normalized spacial score (nSPS) is 28.3. The minimum absolute atomic E-state index is 0.0445. The highest BCUT2D eigenvalue weighted by molar-refractivity contribution is 7.99. The van der Waals surface area contributed by atoms with Crippen LogP contribution < -0.4 is 0 Å². The Balaban J connectivity index is 1.44. The molecule has 15 atom stereocenters. The van der Waals surface area contributed by atoms with Crippen molar-refractivity contribution in [2.24, 2.45) is 0 Å². The predicted molar refractivity (Wildman–Crippen MR) is 257 cm³/mol. The predicted octanol–water partition coefficient (Wildman–Crippen LogP) is -0.105. The van der Waals surface area contributed by atoms with Crippen LogP contribution in [0.3, 0.4) is 0 Å². The summed E-state index contributed by atoms with van der Waals surface area (Å²) in [6.07, 6.45) is -15.4. The lowest BCUT2D eigenvalue weighted by Crippen LogP contribution is -2.61. The number of ether oxygens (including phenoxy) is 14. The molecule has 2 aromatic rings. The van der Waals surface area contributed by atoms with Gasteiger partial charge in [0.25, 0.3) is 0 Å². The second-order valence-electron chi connectivity index (χ2n) is 17.7. The number of aromatic nitrogens is 6. The van der Waals surface area contributed by atoms with E-state index in [9.17, 15) is 52.7 Å². The van der Waals surface area contributed by atoms with E-state index < -0.39 is 169 Å². The van der Waals surface area contributed by atoms with Gasteiger partial charge >= 0.3 is 65.7 Å².